The van der Waals surface area contributed by atoms with Gasteiger partial charge in [-0.25, -0.2) is 13.5 Å². The zero-order valence-corrected chi connectivity index (χ0v) is 16.1. The van der Waals surface area contributed by atoms with Gasteiger partial charge in [-0.15, -0.1) is 0 Å². The summed E-state index contributed by atoms with van der Waals surface area (Å²) in [5.41, 5.74) is 4.87. The lowest BCUT2D eigenvalue weighted by Gasteiger charge is -2.38. The van der Waals surface area contributed by atoms with Crippen LogP contribution in [-0.2, 0) is 6.42 Å². The van der Waals surface area contributed by atoms with Crippen molar-refractivity contribution in [1.82, 2.24) is 9.78 Å². The van der Waals surface area contributed by atoms with Gasteiger partial charge in [-0.2, -0.15) is 5.10 Å². The Morgan fingerprint density at radius 2 is 1.72 bits per heavy atom. The van der Waals surface area contributed by atoms with E-state index in [-0.39, 0.29) is 23.0 Å². The molecule has 0 bridgehead atoms. The third kappa shape index (κ3) is 2.92. The monoisotopic (exact) mass is 392 g/mol. The van der Waals surface area contributed by atoms with Crippen molar-refractivity contribution in [1.29, 1.82) is 0 Å². The molecule has 5 rings (SSSR count). The van der Waals surface area contributed by atoms with Crippen LogP contribution in [0.15, 0.2) is 60.3 Å². The standard InChI is InChI=1S/C24H22F2N2O/c1-24-13-16-14-27-28(20-9-7-19(26)8-10-20)22(16)12-17(24)4-11-21(24)23(29)15-2-5-18(25)6-3-15/h2-3,5-10,12,14,21,23,29H,4,11,13H2,1H3/t21-,23+,24+/m1/s1. The molecule has 1 aromatic heterocycles. The molecule has 0 unspecified atom stereocenters. The molecule has 2 aliphatic carbocycles. The molecule has 0 saturated heterocycles. The van der Waals surface area contributed by atoms with Crippen LogP contribution >= 0.6 is 0 Å². The van der Waals surface area contributed by atoms with E-state index in [1.807, 2.05) is 10.9 Å². The van der Waals surface area contributed by atoms with E-state index >= 15 is 0 Å². The van der Waals surface area contributed by atoms with Crippen LogP contribution < -0.4 is 0 Å². The van der Waals surface area contributed by atoms with Crippen LogP contribution in [0.4, 0.5) is 8.78 Å². The largest absolute Gasteiger partial charge is 0.388 e. The third-order valence-corrected chi connectivity index (χ3v) is 6.70. The van der Waals surface area contributed by atoms with Gasteiger partial charge in [0, 0.05) is 0 Å². The fourth-order valence-electron chi connectivity index (χ4n) is 5.06. The lowest BCUT2D eigenvalue weighted by Crippen LogP contribution is -2.32. The molecule has 2 aliphatic rings. The second-order valence-electron chi connectivity index (χ2n) is 8.35. The highest BCUT2D eigenvalue weighted by Crippen LogP contribution is 2.56. The van der Waals surface area contributed by atoms with E-state index in [4.69, 9.17) is 0 Å². The van der Waals surface area contributed by atoms with Crippen molar-refractivity contribution < 1.29 is 13.9 Å². The molecule has 3 atom stereocenters. The summed E-state index contributed by atoms with van der Waals surface area (Å²) in [7, 11) is 0. The Hall–Kier alpha value is -2.79. The van der Waals surface area contributed by atoms with Crippen LogP contribution in [0.25, 0.3) is 11.8 Å². The molecule has 148 valence electrons. The van der Waals surface area contributed by atoms with Gasteiger partial charge < -0.3 is 5.11 Å². The van der Waals surface area contributed by atoms with Crippen molar-refractivity contribution in [3.8, 4) is 5.69 Å². The molecule has 1 fully saturated rings. The van der Waals surface area contributed by atoms with Gasteiger partial charge in [0.25, 0.3) is 0 Å². The van der Waals surface area contributed by atoms with Gasteiger partial charge in [0.15, 0.2) is 0 Å². The first-order valence-electron chi connectivity index (χ1n) is 9.93. The third-order valence-electron chi connectivity index (χ3n) is 6.70. The number of nitrogens with zero attached hydrogens (tertiary/aromatic N) is 2. The summed E-state index contributed by atoms with van der Waals surface area (Å²) in [6.45, 7) is 2.21. The summed E-state index contributed by atoms with van der Waals surface area (Å²) in [5, 5.41) is 15.6. The number of hydrogen-bond donors (Lipinski definition) is 1. The maximum Gasteiger partial charge on any atom is 0.123 e. The normalized spacial score (nSPS) is 24.0. The van der Waals surface area contributed by atoms with E-state index in [0.29, 0.717) is 0 Å². The minimum atomic E-state index is -0.639. The van der Waals surface area contributed by atoms with Gasteiger partial charge >= 0.3 is 0 Å². The maximum atomic E-state index is 13.3. The van der Waals surface area contributed by atoms with Crippen molar-refractivity contribution >= 4 is 6.08 Å². The van der Waals surface area contributed by atoms with Crippen molar-refractivity contribution in [3.63, 3.8) is 0 Å². The molecule has 0 spiro atoms. The molecular formula is C24H22F2N2O. The van der Waals surface area contributed by atoms with E-state index in [9.17, 15) is 13.9 Å². The zero-order chi connectivity index (χ0) is 20.2. The van der Waals surface area contributed by atoms with E-state index in [0.717, 1.165) is 41.8 Å². The molecule has 1 N–H and O–H groups in total. The lowest BCUT2D eigenvalue weighted by atomic mass is 9.67. The highest BCUT2D eigenvalue weighted by Gasteiger charge is 2.48. The molecular weight excluding hydrogens is 370 g/mol. The first-order chi connectivity index (χ1) is 14.0. The summed E-state index contributed by atoms with van der Waals surface area (Å²) >= 11 is 0. The number of benzene rings is 2. The van der Waals surface area contributed by atoms with E-state index in [2.05, 4.69) is 18.1 Å². The van der Waals surface area contributed by atoms with Crippen LogP contribution in [0.2, 0.25) is 0 Å². The van der Waals surface area contributed by atoms with Crippen LogP contribution in [0.1, 0.15) is 42.7 Å². The second-order valence-corrected chi connectivity index (χ2v) is 8.35. The van der Waals surface area contributed by atoms with Crippen LogP contribution in [0.3, 0.4) is 0 Å². The molecule has 1 heterocycles. The van der Waals surface area contributed by atoms with Gasteiger partial charge in [0.05, 0.1) is 23.7 Å². The molecule has 5 heteroatoms. The summed E-state index contributed by atoms with van der Waals surface area (Å²) in [6.07, 6.45) is 6.00. The molecule has 3 aromatic rings. The van der Waals surface area contributed by atoms with E-state index in [1.165, 1.54) is 29.8 Å². The lowest BCUT2D eigenvalue weighted by molar-refractivity contribution is 0.0555. The smallest absolute Gasteiger partial charge is 0.123 e. The molecule has 0 aliphatic heterocycles. The quantitative estimate of drug-likeness (QED) is 0.662. The first-order valence-corrected chi connectivity index (χ1v) is 9.93. The summed E-state index contributed by atoms with van der Waals surface area (Å²) in [5.74, 6) is -0.509. The minimum Gasteiger partial charge on any atom is -0.388 e. The van der Waals surface area contributed by atoms with Gasteiger partial charge in [0.2, 0.25) is 0 Å². The molecule has 0 radical (unpaired) electrons. The minimum absolute atomic E-state index is 0.0570. The van der Waals surface area contributed by atoms with Crippen molar-refractivity contribution in [2.24, 2.45) is 11.3 Å². The number of aromatic nitrogens is 2. The van der Waals surface area contributed by atoms with Crippen LogP contribution in [-0.4, -0.2) is 14.9 Å². The first kappa shape index (κ1) is 18.3. The molecule has 0 amide bonds. The van der Waals surface area contributed by atoms with E-state index in [1.54, 1.807) is 24.3 Å². The summed E-state index contributed by atoms with van der Waals surface area (Å²) in [6, 6.07) is 12.5. The molecule has 3 nitrogen and oxygen atoms in total. The van der Waals surface area contributed by atoms with Crippen molar-refractivity contribution in [2.75, 3.05) is 0 Å². The average Bonchev–Trinajstić information content (AvgIpc) is 3.26. The Bertz CT molecular complexity index is 1090. The maximum absolute atomic E-state index is 13.3. The number of aliphatic hydroxyl groups is 1. The number of aliphatic hydroxyl groups excluding tert-OH is 1. The van der Waals surface area contributed by atoms with Crippen LogP contribution in [0, 0.1) is 23.0 Å². The summed E-state index contributed by atoms with van der Waals surface area (Å²) < 4.78 is 28.4. The van der Waals surface area contributed by atoms with Crippen molar-refractivity contribution in [3.05, 3.63) is 88.8 Å². The Morgan fingerprint density at radius 3 is 2.41 bits per heavy atom. The topological polar surface area (TPSA) is 38.0 Å². The fraction of sp³-hybridized carbons (Fsp3) is 0.292. The van der Waals surface area contributed by atoms with E-state index < -0.39 is 6.10 Å². The Morgan fingerprint density at radius 1 is 1.07 bits per heavy atom. The SMILES string of the molecule is C[C@]12Cc3cnn(-c4ccc(F)cc4)c3C=C1CC[C@@H]2[C@@H](O)c1ccc(F)cc1. The molecule has 1 saturated carbocycles. The summed E-state index contributed by atoms with van der Waals surface area (Å²) in [4.78, 5) is 0. The second kappa shape index (κ2) is 6.63. The van der Waals surface area contributed by atoms with Gasteiger partial charge in [-0.1, -0.05) is 24.6 Å². The van der Waals surface area contributed by atoms with Gasteiger partial charge in [-0.3, -0.25) is 0 Å². The highest BCUT2D eigenvalue weighted by molar-refractivity contribution is 5.62. The fourth-order valence-corrected chi connectivity index (χ4v) is 5.06. The predicted octanol–water partition coefficient (Wildman–Crippen LogP) is 5.24. The Kier molecular flexibility index (Phi) is 4.17. The van der Waals surface area contributed by atoms with Gasteiger partial charge in [-0.05, 0) is 84.2 Å². The number of fused-ring (bicyclic) bond motifs is 2. The molecule has 29 heavy (non-hydrogen) atoms. The van der Waals surface area contributed by atoms with Gasteiger partial charge in [0.1, 0.15) is 11.6 Å². The molecule has 2 aromatic carbocycles. The Balaban J connectivity index is 1.49. The zero-order valence-electron chi connectivity index (χ0n) is 16.1. The number of rotatable bonds is 3. The van der Waals surface area contributed by atoms with Crippen LogP contribution in [0.5, 0.6) is 0 Å². The Labute approximate surface area is 168 Å². The highest BCUT2D eigenvalue weighted by atomic mass is 19.1. The number of hydrogen-bond acceptors (Lipinski definition) is 2. The number of halogens is 2. The average molecular weight is 392 g/mol. The predicted molar refractivity (Wildman–Crippen MR) is 107 cm³/mol. The number of allylic oxidation sites excluding steroid dienone is 1. The van der Waals surface area contributed by atoms with Crippen molar-refractivity contribution in [2.45, 2.75) is 32.3 Å².